The number of nitrogens with one attached hydrogen (secondary N) is 3. The van der Waals surface area contributed by atoms with Gasteiger partial charge in [0.15, 0.2) is 11.5 Å². The topological polar surface area (TPSA) is 106 Å². The molecule has 0 fully saturated rings. The number of thioether (sulfide) groups is 1. The Morgan fingerprint density at radius 3 is 2.25 bits per heavy atom. The molecule has 226 valence electrons. The lowest BCUT2D eigenvalue weighted by atomic mass is 10.1. The number of rotatable bonds is 12. The summed E-state index contributed by atoms with van der Waals surface area (Å²) < 4.78 is 10.7. The smallest absolute Gasteiger partial charge is 0.272 e. The molecule has 0 saturated carbocycles. The Hall–Kier alpha value is -5.02. The van der Waals surface area contributed by atoms with Gasteiger partial charge in [-0.3, -0.25) is 14.4 Å². The van der Waals surface area contributed by atoms with Gasteiger partial charge in [-0.15, -0.1) is 11.8 Å². The average Bonchev–Trinajstić information content (AvgIpc) is 3.04. The van der Waals surface area contributed by atoms with E-state index in [9.17, 15) is 14.4 Å². The van der Waals surface area contributed by atoms with Crippen LogP contribution in [0.2, 0.25) is 0 Å². The SMILES string of the molecule is CCC(Sc1cccc(NC(=O)/C(=C\c2ccc(OC)c(OC)c2)NC(=O)c2ccccc2)c1)C(=O)Nc1ccccc1C. The van der Waals surface area contributed by atoms with Crippen molar-refractivity contribution in [2.24, 2.45) is 0 Å². The normalized spacial score (nSPS) is 11.7. The standard InChI is InChI=1S/C35H35N3O5S/c1-5-32(35(41)37-28-17-10-9-12-23(28)2)44-27-16-11-15-26(22-27)36-34(40)29(38-33(39)25-13-7-6-8-14-25)20-24-18-19-30(42-3)31(21-24)43-4/h6-22,32H,5H2,1-4H3,(H,36,40)(H,37,41)(H,38,39)/b29-20+. The Morgan fingerprint density at radius 1 is 0.818 bits per heavy atom. The quantitative estimate of drug-likeness (QED) is 0.119. The van der Waals surface area contributed by atoms with Crippen LogP contribution in [0.1, 0.15) is 34.8 Å². The van der Waals surface area contributed by atoms with Crippen molar-refractivity contribution >= 4 is 46.9 Å². The van der Waals surface area contributed by atoms with Gasteiger partial charge < -0.3 is 25.4 Å². The van der Waals surface area contributed by atoms with Crippen molar-refractivity contribution in [3.05, 3.63) is 119 Å². The van der Waals surface area contributed by atoms with Crippen molar-refractivity contribution in [2.45, 2.75) is 30.4 Å². The van der Waals surface area contributed by atoms with Gasteiger partial charge in [0.25, 0.3) is 11.8 Å². The Morgan fingerprint density at radius 2 is 1.55 bits per heavy atom. The monoisotopic (exact) mass is 609 g/mol. The third-order valence-corrected chi connectivity index (χ3v) is 8.04. The lowest BCUT2D eigenvalue weighted by molar-refractivity contribution is -0.116. The Kier molecular flexibility index (Phi) is 11.2. The molecule has 0 spiro atoms. The van der Waals surface area contributed by atoms with Crippen LogP contribution in [0.5, 0.6) is 11.5 Å². The summed E-state index contributed by atoms with van der Waals surface area (Å²) in [6.07, 6.45) is 2.18. The first kappa shape index (κ1) is 31.9. The molecule has 0 aliphatic rings. The van der Waals surface area contributed by atoms with Crippen LogP contribution in [-0.2, 0) is 9.59 Å². The Balaban J connectivity index is 1.54. The fourth-order valence-corrected chi connectivity index (χ4v) is 5.32. The van der Waals surface area contributed by atoms with Gasteiger partial charge >= 0.3 is 0 Å². The minimum absolute atomic E-state index is 0.0353. The highest BCUT2D eigenvalue weighted by atomic mass is 32.2. The van der Waals surface area contributed by atoms with Crippen molar-refractivity contribution in [2.75, 3.05) is 24.9 Å². The molecule has 0 aliphatic heterocycles. The van der Waals surface area contributed by atoms with Crippen LogP contribution < -0.4 is 25.4 Å². The van der Waals surface area contributed by atoms with Crippen molar-refractivity contribution in [1.29, 1.82) is 0 Å². The maximum absolute atomic E-state index is 13.6. The van der Waals surface area contributed by atoms with E-state index >= 15 is 0 Å². The third-order valence-electron chi connectivity index (χ3n) is 6.68. The fourth-order valence-electron chi connectivity index (χ4n) is 4.31. The molecule has 0 saturated heterocycles. The molecule has 4 rings (SSSR count). The number of ether oxygens (including phenoxy) is 2. The minimum Gasteiger partial charge on any atom is -0.493 e. The maximum atomic E-state index is 13.6. The number of amides is 3. The predicted octanol–water partition coefficient (Wildman–Crippen LogP) is 6.93. The van der Waals surface area contributed by atoms with Crippen molar-refractivity contribution in [1.82, 2.24) is 5.32 Å². The van der Waals surface area contributed by atoms with Gasteiger partial charge in [0, 0.05) is 21.8 Å². The number of hydrogen-bond donors (Lipinski definition) is 3. The summed E-state index contributed by atoms with van der Waals surface area (Å²) in [7, 11) is 3.06. The minimum atomic E-state index is -0.518. The van der Waals surface area contributed by atoms with E-state index < -0.39 is 11.8 Å². The number of hydrogen-bond acceptors (Lipinski definition) is 6. The lowest BCUT2D eigenvalue weighted by Gasteiger charge is -2.17. The second-order valence-corrected chi connectivity index (χ2v) is 11.1. The molecule has 44 heavy (non-hydrogen) atoms. The molecule has 8 nitrogen and oxygen atoms in total. The molecule has 0 aliphatic carbocycles. The molecule has 3 amide bonds. The lowest BCUT2D eigenvalue weighted by Crippen LogP contribution is -2.30. The summed E-state index contributed by atoms with van der Waals surface area (Å²) in [5.41, 5.74) is 3.35. The third kappa shape index (κ3) is 8.52. The van der Waals surface area contributed by atoms with Gasteiger partial charge in [0.1, 0.15) is 5.70 Å². The van der Waals surface area contributed by atoms with E-state index in [0.29, 0.717) is 34.7 Å². The number of carbonyl (C=O) groups excluding carboxylic acids is 3. The first-order chi connectivity index (χ1) is 21.3. The van der Waals surface area contributed by atoms with Crippen LogP contribution in [0.25, 0.3) is 6.08 Å². The molecular weight excluding hydrogens is 574 g/mol. The van der Waals surface area contributed by atoms with Crippen LogP contribution in [-0.4, -0.2) is 37.2 Å². The molecule has 9 heteroatoms. The van der Waals surface area contributed by atoms with Gasteiger partial charge in [-0.05, 0) is 79.1 Å². The van der Waals surface area contributed by atoms with Gasteiger partial charge in [0.05, 0.1) is 19.5 Å². The zero-order valence-corrected chi connectivity index (χ0v) is 25.9. The first-order valence-electron chi connectivity index (χ1n) is 14.1. The molecule has 3 N–H and O–H groups in total. The number of methoxy groups -OCH3 is 2. The van der Waals surface area contributed by atoms with E-state index in [1.807, 2.05) is 56.3 Å². The van der Waals surface area contributed by atoms with Gasteiger partial charge in [-0.1, -0.05) is 55.5 Å². The second-order valence-electron chi connectivity index (χ2n) is 9.79. The summed E-state index contributed by atoms with van der Waals surface area (Å²) in [5, 5.41) is 8.31. The fraction of sp³-hybridized carbons (Fsp3) is 0.171. The van der Waals surface area contributed by atoms with Crippen LogP contribution >= 0.6 is 11.8 Å². The number of aryl methyl sites for hydroxylation is 1. The van der Waals surface area contributed by atoms with Gasteiger partial charge in [0.2, 0.25) is 5.91 Å². The highest BCUT2D eigenvalue weighted by Gasteiger charge is 2.20. The van der Waals surface area contributed by atoms with Gasteiger partial charge in [-0.25, -0.2) is 0 Å². The number of carbonyl (C=O) groups is 3. The zero-order valence-electron chi connectivity index (χ0n) is 25.0. The Bertz CT molecular complexity index is 1660. The van der Waals surface area contributed by atoms with E-state index in [1.54, 1.807) is 60.7 Å². The highest BCUT2D eigenvalue weighted by molar-refractivity contribution is 8.00. The average molecular weight is 610 g/mol. The summed E-state index contributed by atoms with van der Waals surface area (Å²) >= 11 is 1.42. The van der Waals surface area contributed by atoms with E-state index in [2.05, 4.69) is 16.0 Å². The number of anilines is 2. The molecule has 0 radical (unpaired) electrons. The number of para-hydroxylation sites is 1. The molecule has 1 unspecified atom stereocenters. The largest absolute Gasteiger partial charge is 0.493 e. The van der Waals surface area contributed by atoms with Crippen LogP contribution in [0, 0.1) is 6.92 Å². The van der Waals surface area contributed by atoms with Crippen molar-refractivity contribution in [3.8, 4) is 11.5 Å². The first-order valence-corrected chi connectivity index (χ1v) is 14.9. The molecule has 4 aromatic rings. The van der Waals surface area contributed by atoms with Crippen LogP contribution in [0.15, 0.2) is 108 Å². The molecule has 1 atom stereocenters. The van der Waals surface area contributed by atoms with E-state index in [4.69, 9.17) is 9.47 Å². The Labute approximate surface area is 261 Å². The summed E-state index contributed by atoms with van der Waals surface area (Å²) in [4.78, 5) is 40.5. The summed E-state index contributed by atoms with van der Waals surface area (Å²) in [6, 6.07) is 28.7. The van der Waals surface area contributed by atoms with E-state index in [1.165, 1.54) is 26.0 Å². The zero-order chi connectivity index (χ0) is 31.5. The highest BCUT2D eigenvalue weighted by Crippen LogP contribution is 2.30. The van der Waals surface area contributed by atoms with Crippen molar-refractivity contribution in [3.63, 3.8) is 0 Å². The predicted molar refractivity (Wildman–Crippen MR) is 176 cm³/mol. The molecule has 0 bridgehead atoms. The maximum Gasteiger partial charge on any atom is 0.272 e. The van der Waals surface area contributed by atoms with Gasteiger partial charge in [-0.2, -0.15) is 0 Å². The van der Waals surface area contributed by atoms with Crippen LogP contribution in [0.3, 0.4) is 0 Å². The van der Waals surface area contributed by atoms with Crippen molar-refractivity contribution < 1.29 is 23.9 Å². The second kappa shape index (κ2) is 15.5. The molecular formula is C35H35N3O5S. The molecule has 4 aromatic carbocycles. The van der Waals surface area contributed by atoms with E-state index in [0.717, 1.165) is 16.1 Å². The molecule has 0 heterocycles. The summed E-state index contributed by atoms with van der Waals surface area (Å²) in [6.45, 7) is 3.91. The van der Waals surface area contributed by atoms with E-state index in [-0.39, 0.29) is 16.9 Å². The number of benzene rings is 4. The summed E-state index contributed by atoms with van der Waals surface area (Å²) in [5.74, 6) is -0.0175. The molecule has 0 aromatic heterocycles. The van der Waals surface area contributed by atoms with Crippen LogP contribution in [0.4, 0.5) is 11.4 Å².